The van der Waals surface area contributed by atoms with Gasteiger partial charge in [0.2, 0.25) is 0 Å². The number of nitrogens with one attached hydrogen (secondary N) is 1. The number of rotatable bonds is 5. The molecule has 0 saturated heterocycles. The molecule has 0 aliphatic carbocycles. The van der Waals surface area contributed by atoms with Gasteiger partial charge in [0.25, 0.3) is 0 Å². The van der Waals surface area contributed by atoms with Gasteiger partial charge in [-0.05, 0) is 17.7 Å². The third kappa shape index (κ3) is 4.90. The van der Waals surface area contributed by atoms with Crippen LogP contribution in [-0.4, -0.2) is 19.6 Å². The van der Waals surface area contributed by atoms with Gasteiger partial charge in [0.1, 0.15) is 0 Å². The van der Waals surface area contributed by atoms with Crippen molar-refractivity contribution >= 4 is 5.97 Å². The van der Waals surface area contributed by atoms with Gasteiger partial charge in [0.05, 0.1) is 18.6 Å². The average Bonchev–Trinajstić information content (AvgIpc) is 2.37. The summed E-state index contributed by atoms with van der Waals surface area (Å²) in [6.07, 6.45) is -4.31. The zero-order chi connectivity index (χ0) is 14.5. The standard InChI is InChI=1S/C13H16F3NO2/c1-9(12(18)19-2)7-17-8-10-3-5-11(6-4-10)13(14,15)16/h3-6,9,17H,7-8H2,1-2H3. The van der Waals surface area contributed by atoms with Crippen molar-refractivity contribution in [2.45, 2.75) is 19.6 Å². The molecule has 0 aliphatic rings. The van der Waals surface area contributed by atoms with Gasteiger partial charge in [-0.2, -0.15) is 13.2 Å². The van der Waals surface area contributed by atoms with E-state index in [1.54, 1.807) is 6.92 Å². The van der Waals surface area contributed by atoms with E-state index in [9.17, 15) is 18.0 Å². The summed E-state index contributed by atoms with van der Waals surface area (Å²) in [7, 11) is 1.31. The minimum Gasteiger partial charge on any atom is -0.469 e. The van der Waals surface area contributed by atoms with Gasteiger partial charge in [0.15, 0.2) is 0 Å². The summed E-state index contributed by atoms with van der Waals surface area (Å²) in [6, 6.07) is 4.92. The lowest BCUT2D eigenvalue weighted by Crippen LogP contribution is -2.27. The Morgan fingerprint density at radius 3 is 2.37 bits per heavy atom. The molecule has 0 radical (unpaired) electrons. The van der Waals surface area contributed by atoms with E-state index in [4.69, 9.17) is 0 Å². The van der Waals surface area contributed by atoms with Crippen molar-refractivity contribution in [3.05, 3.63) is 35.4 Å². The van der Waals surface area contributed by atoms with Crippen LogP contribution in [0.1, 0.15) is 18.1 Å². The van der Waals surface area contributed by atoms with Crippen molar-refractivity contribution in [1.82, 2.24) is 5.32 Å². The van der Waals surface area contributed by atoms with Crippen LogP contribution in [0.4, 0.5) is 13.2 Å². The molecule has 0 spiro atoms. The fourth-order valence-electron chi connectivity index (χ4n) is 1.53. The monoisotopic (exact) mass is 275 g/mol. The molecule has 0 bridgehead atoms. The molecule has 1 rings (SSSR count). The van der Waals surface area contributed by atoms with Crippen molar-refractivity contribution in [1.29, 1.82) is 0 Å². The summed E-state index contributed by atoms with van der Waals surface area (Å²) in [6.45, 7) is 2.53. The number of carbonyl (C=O) groups excluding carboxylic acids is 1. The number of halogens is 3. The highest BCUT2D eigenvalue weighted by molar-refractivity contribution is 5.72. The number of hydrogen-bond donors (Lipinski definition) is 1. The first kappa shape index (κ1) is 15.5. The van der Waals surface area contributed by atoms with Gasteiger partial charge >= 0.3 is 12.1 Å². The summed E-state index contributed by atoms with van der Waals surface area (Å²) in [5.74, 6) is -0.612. The van der Waals surface area contributed by atoms with E-state index in [-0.39, 0.29) is 11.9 Å². The Labute approximate surface area is 109 Å². The van der Waals surface area contributed by atoms with E-state index in [0.717, 1.165) is 17.7 Å². The smallest absolute Gasteiger partial charge is 0.416 e. The molecule has 1 aromatic carbocycles. The van der Waals surface area contributed by atoms with Crippen LogP contribution in [0, 0.1) is 5.92 Å². The number of methoxy groups -OCH3 is 1. The van der Waals surface area contributed by atoms with Crippen molar-refractivity contribution in [3.63, 3.8) is 0 Å². The molecule has 1 aromatic rings. The molecular weight excluding hydrogens is 259 g/mol. The second-order valence-corrected chi connectivity index (χ2v) is 4.25. The van der Waals surface area contributed by atoms with E-state index in [0.29, 0.717) is 13.1 Å². The lowest BCUT2D eigenvalue weighted by atomic mass is 10.1. The third-order valence-corrected chi connectivity index (χ3v) is 2.66. The van der Waals surface area contributed by atoms with Gasteiger partial charge in [-0.3, -0.25) is 4.79 Å². The lowest BCUT2D eigenvalue weighted by molar-refractivity contribution is -0.144. The predicted octanol–water partition coefficient (Wildman–Crippen LogP) is 2.60. The van der Waals surface area contributed by atoms with Crippen molar-refractivity contribution in [3.8, 4) is 0 Å². The topological polar surface area (TPSA) is 38.3 Å². The normalized spacial score (nSPS) is 13.1. The van der Waals surface area contributed by atoms with Crippen LogP contribution in [0.3, 0.4) is 0 Å². The van der Waals surface area contributed by atoms with Gasteiger partial charge in [0, 0.05) is 13.1 Å². The summed E-state index contributed by atoms with van der Waals surface area (Å²) >= 11 is 0. The zero-order valence-electron chi connectivity index (χ0n) is 10.8. The Bertz CT molecular complexity index is 415. The van der Waals surface area contributed by atoms with E-state index >= 15 is 0 Å². The molecule has 0 aromatic heterocycles. The molecule has 6 heteroatoms. The van der Waals surface area contributed by atoms with E-state index in [1.807, 2.05) is 0 Å². The molecular formula is C13H16F3NO2. The fraction of sp³-hybridized carbons (Fsp3) is 0.462. The number of ether oxygens (including phenoxy) is 1. The molecule has 106 valence electrons. The average molecular weight is 275 g/mol. The molecule has 1 N–H and O–H groups in total. The number of alkyl halides is 3. The van der Waals surface area contributed by atoms with Gasteiger partial charge in [-0.1, -0.05) is 19.1 Å². The lowest BCUT2D eigenvalue weighted by Gasteiger charge is -2.11. The molecule has 1 unspecified atom stereocenters. The van der Waals surface area contributed by atoms with Crippen LogP contribution >= 0.6 is 0 Å². The van der Waals surface area contributed by atoms with E-state index in [2.05, 4.69) is 10.1 Å². The van der Waals surface area contributed by atoms with Crippen molar-refractivity contribution in [2.24, 2.45) is 5.92 Å². The highest BCUT2D eigenvalue weighted by Crippen LogP contribution is 2.28. The van der Waals surface area contributed by atoms with Crippen LogP contribution < -0.4 is 5.32 Å². The molecule has 19 heavy (non-hydrogen) atoms. The summed E-state index contributed by atoms with van der Waals surface area (Å²) < 4.78 is 41.6. The van der Waals surface area contributed by atoms with Gasteiger partial charge in [-0.15, -0.1) is 0 Å². The molecule has 0 amide bonds. The maximum Gasteiger partial charge on any atom is 0.416 e. The molecule has 0 fully saturated rings. The zero-order valence-corrected chi connectivity index (χ0v) is 10.8. The minimum atomic E-state index is -4.31. The van der Waals surface area contributed by atoms with E-state index in [1.165, 1.54) is 19.2 Å². The summed E-state index contributed by atoms with van der Waals surface area (Å²) in [5.41, 5.74) is 0.0595. The molecule has 1 atom stereocenters. The maximum atomic E-state index is 12.3. The van der Waals surface area contributed by atoms with Gasteiger partial charge < -0.3 is 10.1 Å². The second kappa shape index (κ2) is 6.56. The highest BCUT2D eigenvalue weighted by Gasteiger charge is 2.29. The summed E-state index contributed by atoms with van der Waals surface area (Å²) in [4.78, 5) is 11.1. The maximum absolute atomic E-state index is 12.3. The summed E-state index contributed by atoms with van der Waals surface area (Å²) in [5, 5.41) is 2.99. The van der Waals surface area contributed by atoms with E-state index < -0.39 is 11.7 Å². The quantitative estimate of drug-likeness (QED) is 0.839. The first-order valence-corrected chi connectivity index (χ1v) is 5.79. The number of esters is 1. The molecule has 0 heterocycles. The Kier molecular flexibility index (Phi) is 5.35. The Morgan fingerprint density at radius 1 is 1.32 bits per heavy atom. The number of benzene rings is 1. The van der Waals surface area contributed by atoms with Gasteiger partial charge in [-0.25, -0.2) is 0 Å². The van der Waals surface area contributed by atoms with Crippen LogP contribution in [0.2, 0.25) is 0 Å². The van der Waals surface area contributed by atoms with Crippen LogP contribution in [-0.2, 0) is 22.3 Å². The first-order chi connectivity index (χ1) is 8.84. The highest BCUT2D eigenvalue weighted by atomic mass is 19.4. The number of hydrogen-bond acceptors (Lipinski definition) is 3. The molecule has 0 saturated carbocycles. The molecule has 3 nitrogen and oxygen atoms in total. The minimum absolute atomic E-state index is 0.292. The molecule has 0 aliphatic heterocycles. The largest absolute Gasteiger partial charge is 0.469 e. The SMILES string of the molecule is COC(=O)C(C)CNCc1ccc(C(F)(F)F)cc1. The fourth-order valence-corrected chi connectivity index (χ4v) is 1.53. The first-order valence-electron chi connectivity index (χ1n) is 5.79. The van der Waals surface area contributed by atoms with Crippen molar-refractivity contribution in [2.75, 3.05) is 13.7 Å². The third-order valence-electron chi connectivity index (χ3n) is 2.66. The Balaban J connectivity index is 2.45. The van der Waals surface area contributed by atoms with Crippen LogP contribution in [0.5, 0.6) is 0 Å². The van der Waals surface area contributed by atoms with Crippen LogP contribution in [0.25, 0.3) is 0 Å². The second-order valence-electron chi connectivity index (χ2n) is 4.25. The Hall–Kier alpha value is -1.56. The Morgan fingerprint density at radius 2 is 1.89 bits per heavy atom. The number of carbonyl (C=O) groups is 1. The van der Waals surface area contributed by atoms with Crippen LogP contribution in [0.15, 0.2) is 24.3 Å². The predicted molar refractivity (Wildman–Crippen MR) is 64.3 cm³/mol. The van der Waals surface area contributed by atoms with Crippen molar-refractivity contribution < 1.29 is 22.7 Å².